The molecule has 2 heterocycles. The van der Waals surface area contributed by atoms with Crippen LogP contribution in [0.1, 0.15) is 6.42 Å². The molecule has 2 rings (SSSR count). The van der Waals surface area contributed by atoms with Crippen molar-refractivity contribution in [2.75, 3.05) is 0 Å². The molecule has 0 amide bonds. The second-order valence-corrected chi connectivity index (χ2v) is 2.35. The Hall–Kier alpha value is -1.69. The molecule has 2 aliphatic rings. The minimum Gasteiger partial charge on any atom is -0.259 e. The summed E-state index contributed by atoms with van der Waals surface area (Å²) in [5, 5.41) is 8.55. The highest BCUT2D eigenvalue weighted by Gasteiger charge is 2.15. The van der Waals surface area contributed by atoms with Crippen LogP contribution in [0.15, 0.2) is 34.0 Å². The lowest BCUT2D eigenvalue weighted by atomic mass is 10.1. The van der Waals surface area contributed by atoms with Gasteiger partial charge in [-0.2, -0.15) is 5.26 Å². The fraction of sp³-hybridized carbons (Fsp3) is 0.125. The SMILES string of the molecule is N#CC1=CN=C2C=CN=C2C1. The number of hydrogen-bond donors (Lipinski definition) is 0. The Bertz CT molecular complexity index is 350. The molecule has 0 aromatic heterocycles. The molecule has 0 unspecified atom stereocenters. The first-order valence-electron chi connectivity index (χ1n) is 3.31. The number of fused-ring (bicyclic) bond motifs is 1. The van der Waals surface area contributed by atoms with Crippen LogP contribution in [0, 0.1) is 11.3 Å². The van der Waals surface area contributed by atoms with Crippen LogP contribution in [0.4, 0.5) is 0 Å². The van der Waals surface area contributed by atoms with Gasteiger partial charge in [0.1, 0.15) is 0 Å². The molecule has 52 valence electrons. The molecular formula is C8H5N3. The summed E-state index contributed by atoms with van der Waals surface area (Å²) in [5.41, 5.74) is 2.48. The Morgan fingerprint density at radius 3 is 3.18 bits per heavy atom. The van der Waals surface area contributed by atoms with Crippen molar-refractivity contribution in [2.24, 2.45) is 9.98 Å². The van der Waals surface area contributed by atoms with Crippen molar-refractivity contribution in [1.29, 1.82) is 5.26 Å². The Kier molecular flexibility index (Phi) is 1.19. The molecule has 0 aromatic carbocycles. The Balaban J connectivity index is 2.39. The summed E-state index contributed by atoms with van der Waals surface area (Å²) in [6.45, 7) is 0. The van der Waals surface area contributed by atoms with E-state index < -0.39 is 0 Å². The van der Waals surface area contributed by atoms with Crippen LogP contribution in [0.25, 0.3) is 0 Å². The zero-order valence-electron chi connectivity index (χ0n) is 5.78. The first-order chi connectivity index (χ1) is 5.40. The van der Waals surface area contributed by atoms with E-state index in [9.17, 15) is 0 Å². The largest absolute Gasteiger partial charge is 0.259 e. The van der Waals surface area contributed by atoms with Gasteiger partial charge in [0.05, 0.1) is 23.1 Å². The maximum atomic E-state index is 8.55. The van der Waals surface area contributed by atoms with Gasteiger partial charge >= 0.3 is 0 Å². The number of rotatable bonds is 0. The summed E-state index contributed by atoms with van der Waals surface area (Å²) >= 11 is 0. The van der Waals surface area contributed by atoms with Crippen LogP contribution in [0.2, 0.25) is 0 Å². The molecule has 0 N–H and O–H groups in total. The van der Waals surface area contributed by atoms with E-state index in [-0.39, 0.29) is 0 Å². The Morgan fingerprint density at radius 2 is 2.36 bits per heavy atom. The molecule has 0 bridgehead atoms. The average Bonchev–Trinajstić information content (AvgIpc) is 2.50. The molecule has 0 saturated carbocycles. The van der Waals surface area contributed by atoms with E-state index in [1.165, 1.54) is 0 Å². The number of nitrogens with zero attached hydrogens (tertiary/aromatic N) is 3. The van der Waals surface area contributed by atoms with Gasteiger partial charge in [0.25, 0.3) is 0 Å². The summed E-state index contributed by atoms with van der Waals surface area (Å²) in [6, 6.07) is 2.06. The predicted octanol–water partition coefficient (Wildman–Crippen LogP) is 1.21. The lowest BCUT2D eigenvalue weighted by Gasteiger charge is -2.04. The topological polar surface area (TPSA) is 48.5 Å². The zero-order valence-corrected chi connectivity index (χ0v) is 5.78. The minimum atomic E-state index is 0.627. The molecule has 3 heteroatoms. The van der Waals surface area contributed by atoms with Crippen LogP contribution >= 0.6 is 0 Å². The monoisotopic (exact) mass is 143 g/mol. The fourth-order valence-corrected chi connectivity index (χ4v) is 1.06. The number of hydrogen-bond acceptors (Lipinski definition) is 3. The maximum Gasteiger partial charge on any atom is 0.0967 e. The van der Waals surface area contributed by atoms with Gasteiger partial charge in [0.15, 0.2) is 0 Å². The van der Waals surface area contributed by atoms with Gasteiger partial charge < -0.3 is 0 Å². The van der Waals surface area contributed by atoms with Crippen LogP contribution in [0.5, 0.6) is 0 Å². The standard InChI is InChI=1S/C8H5N3/c9-4-6-3-8-7(11-5-6)1-2-10-8/h1-2,5H,3H2. The summed E-state index contributed by atoms with van der Waals surface area (Å²) in [4.78, 5) is 8.13. The van der Waals surface area contributed by atoms with E-state index >= 15 is 0 Å². The Labute approximate surface area is 64.1 Å². The van der Waals surface area contributed by atoms with Gasteiger partial charge in [-0.3, -0.25) is 9.98 Å². The molecule has 0 radical (unpaired) electrons. The van der Waals surface area contributed by atoms with Crippen LogP contribution < -0.4 is 0 Å². The third-order valence-electron chi connectivity index (χ3n) is 1.62. The first kappa shape index (κ1) is 6.05. The van der Waals surface area contributed by atoms with Gasteiger partial charge in [-0.15, -0.1) is 0 Å². The van der Waals surface area contributed by atoms with Crippen LogP contribution in [0.3, 0.4) is 0 Å². The van der Waals surface area contributed by atoms with Crippen molar-refractivity contribution in [1.82, 2.24) is 0 Å². The molecule has 0 saturated heterocycles. The molecular weight excluding hydrogens is 138 g/mol. The van der Waals surface area contributed by atoms with E-state index in [4.69, 9.17) is 5.26 Å². The molecule has 0 aliphatic carbocycles. The van der Waals surface area contributed by atoms with E-state index in [1.54, 1.807) is 12.4 Å². The maximum absolute atomic E-state index is 8.55. The number of allylic oxidation sites excluding steroid dienone is 2. The third-order valence-corrected chi connectivity index (χ3v) is 1.62. The summed E-state index contributed by atoms with van der Waals surface area (Å²) in [7, 11) is 0. The van der Waals surface area contributed by atoms with Crippen molar-refractivity contribution in [2.45, 2.75) is 6.42 Å². The van der Waals surface area contributed by atoms with Crippen molar-refractivity contribution in [3.05, 3.63) is 24.0 Å². The van der Waals surface area contributed by atoms with Gasteiger partial charge in [-0.25, -0.2) is 0 Å². The lowest BCUT2D eigenvalue weighted by molar-refractivity contribution is 1.28. The highest BCUT2D eigenvalue weighted by Crippen LogP contribution is 2.13. The zero-order chi connectivity index (χ0) is 7.68. The van der Waals surface area contributed by atoms with E-state index in [0.29, 0.717) is 12.0 Å². The molecule has 0 fully saturated rings. The van der Waals surface area contributed by atoms with Crippen molar-refractivity contribution >= 4 is 11.4 Å². The Morgan fingerprint density at radius 1 is 1.45 bits per heavy atom. The summed E-state index contributed by atoms with van der Waals surface area (Å²) in [5.74, 6) is 0. The molecule has 3 nitrogen and oxygen atoms in total. The van der Waals surface area contributed by atoms with Crippen LogP contribution in [-0.2, 0) is 0 Å². The highest BCUT2D eigenvalue weighted by molar-refractivity contribution is 6.49. The normalized spacial score (nSPS) is 19.7. The fourth-order valence-electron chi connectivity index (χ4n) is 1.06. The van der Waals surface area contributed by atoms with Gasteiger partial charge in [-0.1, -0.05) is 0 Å². The third kappa shape index (κ3) is 0.887. The second kappa shape index (κ2) is 2.17. The predicted molar refractivity (Wildman–Crippen MR) is 42.3 cm³/mol. The minimum absolute atomic E-state index is 0.627. The highest BCUT2D eigenvalue weighted by atomic mass is 14.8. The molecule has 0 aromatic rings. The van der Waals surface area contributed by atoms with Crippen molar-refractivity contribution < 1.29 is 0 Å². The van der Waals surface area contributed by atoms with E-state index in [2.05, 4.69) is 16.1 Å². The van der Waals surface area contributed by atoms with E-state index in [0.717, 1.165) is 11.4 Å². The number of nitriles is 1. The van der Waals surface area contributed by atoms with Gasteiger partial charge in [0, 0.05) is 18.8 Å². The van der Waals surface area contributed by atoms with Crippen LogP contribution in [-0.4, -0.2) is 11.4 Å². The average molecular weight is 143 g/mol. The quantitative estimate of drug-likeness (QED) is 0.502. The number of aliphatic imine (C=N–C) groups is 2. The van der Waals surface area contributed by atoms with Gasteiger partial charge in [0.2, 0.25) is 0 Å². The van der Waals surface area contributed by atoms with Gasteiger partial charge in [-0.05, 0) is 6.08 Å². The molecule has 0 spiro atoms. The molecule has 0 atom stereocenters. The van der Waals surface area contributed by atoms with E-state index in [1.807, 2.05) is 6.08 Å². The summed E-state index contributed by atoms with van der Waals surface area (Å²) < 4.78 is 0. The summed E-state index contributed by atoms with van der Waals surface area (Å²) in [6.07, 6.45) is 5.79. The van der Waals surface area contributed by atoms with Crippen molar-refractivity contribution in [3.63, 3.8) is 0 Å². The smallest absolute Gasteiger partial charge is 0.0967 e. The van der Waals surface area contributed by atoms with Crippen molar-refractivity contribution in [3.8, 4) is 6.07 Å². The first-order valence-corrected chi connectivity index (χ1v) is 3.31. The molecule has 2 aliphatic heterocycles. The molecule has 11 heavy (non-hydrogen) atoms. The lowest BCUT2D eigenvalue weighted by Crippen LogP contribution is -2.11. The second-order valence-electron chi connectivity index (χ2n) is 2.35.